The summed E-state index contributed by atoms with van der Waals surface area (Å²) in [6.07, 6.45) is 0. The van der Waals surface area contributed by atoms with E-state index >= 15 is 0 Å². The van der Waals surface area contributed by atoms with Crippen molar-refractivity contribution in [2.45, 2.75) is 0 Å². The molecular weight excluding hydrogens is 303 g/mol. The molecule has 0 fully saturated rings. The highest BCUT2D eigenvalue weighted by molar-refractivity contribution is 6.31. The van der Waals surface area contributed by atoms with Crippen molar-refractivity contribution < 1.29 is 13.9 Å². The number of nitro groups is 1. The van der Waals surface area contributed by atoms with Gasteiger partial charge >= 0.3 is 5.69 Å². The number of halogens is 2. The number of benzene rings is 2. The van der Waals surface area contributed by atoms with Gasteiger partial charge in [0.05, 0.1) is 15.6 Å². The number of nitrogens with one attached hydrogen (secondary N) is 1. The molecule has 0 bridgehead atoms. The first kappa shape index (κ1) is 13.3. The van der Waals surface area contributed by atoms with Crippen molar-refractivity contribution in [1.82, 2.24) is 10.3 Å². The molecule has 0 aliphatic heterocycles. The molecule has 1 N–H and O–H groups in total. The van der Waals surface area contributed by atoms with Gasteiger partial charge in [0.2, 0.25) is 5.52 Å². The number of anilines is 2. The lowest BCUT2D eigenvalue weighted by Gasteiger charge is -2.07. The first-order valence-corrected chi connectivity index (χ1v) is 6.06. The Morgan fingerprint density at radius 2 is 2.00 bits per heavy atom. The summed E-state index contributed by atoms with van der Waals surface area (Å²) in [4.78, 5) is 10.3. The number of nitro benzene ring substituents is 1. The predicted octanol–water partition coefficient (Wildman–Crippen LogP) is 3.67. The first-order chi connectivity index (χ1) is 10.1. The average molecular weight is 309 g/mol. The lowest BCUT2D eigenvalue weighted by atomic mass is 10.2. The van der Waals surface area contributed by atoms with E-state index < -0.39 is 10.7 Å². The number of rotatable bonds is 3. The Morgan fingerprint density at radius 1 is 1.24 bits per heavy atom. The SMILES string of the molecule is O=[N+]([O-])c1ccc(Nc2ccc(F)c(Cl)c2)c2nonc12. The summed E-state index contributed by atoms with van der Waals surface area (Å²) in [5.74, 6) is -0.542. The fraction of sp³-hybridized carbons (Fsp3) is 0. The monoisotopic (exact) mass is 308 g/mol. The molecular formula is C12H6ClFN4O3. The second-order valence-corrected chi connectivity index (χ2v) is 4.51. The fourth-order valence-corrected chi connectivity index (χ4v) is 2.01. The maximum Gasteiger partial charge on any atom is 0.300 e. The molecule has 0 saturated carbocycles. The Morgan fingerprint density at radius 3 is 2.71 bits per heavy atom. The van der Waals surface area contributed by atoms with Crippen LogP contribution >= 0.6 is 11.6 Å². The van der Waals surface area contributed by atoms with Gasteiger partial charge in [-0.3, -0.25) is 10.1 Å². The summed E-state index contributed by atoms with van der Waals surface area (Å²) in [6.45, 7) is 0. The molecule has 0 amide bonds. The summed E-state index contributed by atoms with van der Waals surface area (Å²) < 4.78 is 17.7. The number of nitrogens with zero attached hydrogens (tertiary/aromatic N) is 3. The molecule has 7 nitrogen and oxygen atoms in total. The van der Waals surface area contributed by atoms with Crippen LogP contribution in [-0.2, 0) is 0 Å². The van der Waals surface area contributed by atoms with E-state index in [0.717, 1.165) is 0 Å². The Kier molecular flexibility index (Phi) is 3.15. The van der Waals surface area contributed by atoms with E-state index in [2.05, 4.69) is 20.3 Å². The van der Waals surface area contributed by atoms with Gasteiger partial charge in [-0.25, -0.2) is 9.02 Å². The molecule has 1 aromatic heterocycles. The van der Waals surface area contributed by atoms with E-state index in [1.165, 1.54) is 30.3 Å². The smallest absolute Gasteiger partial charge is 0.300 e. The van der Waals surface area contributed by atoms with Gasteiger partial charge in [-0.15, -0.1) is 0 Å². The molecule has 0 unspecified atom stereocenters. The summed E-state index contributed by atoms with van der Waals surface area (Å²) in [7, 11) is 0. The van der Waals surface area contributed by atoms with Crippen molar-refractivity contribution in [1.29, 1.82) is 0 Å². The third-order valence-corrected chi connectivity index (χ3v) is 3.08. The highest BCUT2D eigenvalue weighted by Gasteiger charge is 2.19. The van der Waals surface area contributed by atoms with Crippen molar-refractivity contribution in [2.75, 3.05) is 5.32 Å². The number of fused-ring (bicyclic) bond motifs is 1. The molecule has 0 spiro atoms. The minimum absolute atomic E-state index is 0.0261. The second-order valence-electron chi connectivity index (χ2n) is 4.10. The standard InChI is InChI=1S/C12H6ClFN4O3/c13-7-5-6(1-2-8(7)14)15-9-3-4-10(18(19)20)12-11(9)16-21-17-12/h1-5,15H. The zero-order chi connectivity index (χ0) is 15.0. The normalized spacial score (nSPS) is 10.8. The van der Waals surface area contributed by atoms with E-state index in [4.69, 9.17) is 11.6 Å². The molecule has 0 aliphatic carbocycles. The fourth-order valence-electron chi connectivity index (χ4n) is 1.83. The Hall–Kier alpha value is -2.74. The van der Waals surface area contributed by atoms with E-state index in [1.807, 2.05) is 0 Å². The van der Waals surface area contributed by atoms with Crippen LogP contribution in [0.15, 0.2) is 35.0 Å². The van der Waals surface area contributed by atoms with Crippen molar-refractivity contribution in [2.24, 2.45) is 0 Å². The highest BCUT2D eigenvalue weighted by atomic mass is 35.5. The summed E-state index contributed by atoms with van der Waals surface area (Å²) >= 11 is 5.69. The number of non-ortho nitro benzene ring substituents is 1. The third-order valence-electron chi connectivity index (χ3n) is 2.79. The summed E-state index contributed by atoms with van der Waals surface area (Å²) in [5.41, 5.74) is 0.941. The van der Waals surface area contributed by atoms with Crippen LogP contribution in [0.1, 0.15) is 0 Å². The molecule has 106 valence electrons. The van der Waals surface area contributed by atoms with E-state index in [0.29, 0.717) is 11.4 Å². The Labute approximate surface area is 121 Å². The first-order valence-electron chi connectivity index (χ1n) is 5.68. The summed E-state index contributed by atoms with van der Waals surface area (Å²) in [6, 6.07) is 6.80. The maximum absolute atomic E-state index is 13.1. The van der Waals surface area contributed by atoms with Crippen LogP contribution < -0.4 is 5.32 Å². The van der Waals surface area contributed by atoms with Crippen LogP contribution in [0, 0.1) is 15.9 Å². The van der Waals surface area contributed by atoms with Crippen LogP contribution in [-0.4, -0.2) is 15.2 Å². The second kappa shape index (κ2) is 4.98. The molecule has 9 heteroatoms. The van der Waals surface area contributed by atoms with Crippen LogP contribution in [0.25, 0.3) is 11.0 Å². The molecule has 0 aliphatic rings. The van der Waals surface area contributed by atoms with E-state index in [1.54, 1.807) is 0 Å². The zero-order valence-corrected chi connectivity index (χ0v) is 11.0. The molecule has 21 heavy (non-hydrogen) atoms. The topological polar surface area (TPSA) is 94.1 Å². The number of aromatic nitrogens is 2. The van der Waals surface area contributed by atoms with E-state index in [-0.39, 0.29) is 21.7 Å². The van der Waals surface area contributed by atoms with Gasteiger partial charge in [-0.2, -0.15) is 0 Å². The van der Waals surface area contributed by atoms with Crippen molar-refractivity contribution in [3.8, 4) is 0 Å². The van der Waals surface area contributed by atoms with Crippen molar-refractivity contribution in [3.05, 3.63) is 51.3 Å². The van der Waals surface area contributed by atoms with Gasteiger partial charge in [0, 0.05) is 11.8 Å². The molecule has 2 aromatic carbocycles. The van der Waals surface area contributed by atoms with Crippen molar-refractivity contribution >= 4 is 39.7 Å². The maximum atomic E-state index is 13.1. The Bertz CT molecular complexity index is 852. The van der Waals surface area contributed by atoms with Gasteiger partial charge in [-0.05, 0) is 34.6 Å². The van der Waals surface area contributed by atoms with Gasteiger partial charge in [0.25, 0.3) is 0 Å². The molecule has 3 rings (SSSR count). The number of hydrogen-bond donors (Lipinski definition) is 1. The van der Waals surface area contributed by atoms with Gasteiger partial charge in [0.1, 0.15) is 5.82 Å². The van der Waals surface area contributed by atoms with Crippen molar-refractivity contribution in [3.63, 3.8) is 0 Å². The van der Waals surface area contributed by atoms with Crippen LogP contribution in [0.2, 0.25) is 5.02 Å². The molecule has 1 heterocycles. The molecule has 3 aromatic rings. The largest absolute Gasteiger partial charge is 0.354 e. The predicted molar refractivity (Wildman–Crippen MR) is 73.2 cm³/mol. The minimum Gasteiger partial charge on any atom is -0.354 e. The molecule has 0 saturated heterocycles. The van der Waals surface area contributed by atoms with Crippen LogP contribution in [0.4, 0.5) is 21.5 Å². The number of hydrogen-bond acceptors (Lipinski definition) is 6. The van der Waals surface area contributed by atoms with Crippen LogP contribution in [0.3, 0.4) is 0 Å². The third kappa shape index (κ3) is 2.36. The minimum atomic E-state index is -0.578. The molecule has 0 radical (unpaired) electrons. The zero-order valence-electron chi connectivity index (χ0n) is 10.2. The van der Waals surface area contributed by atoms with E-state index in [9.17, 15) is 14.5 Å². The van der Waals surface area contributed by atoms with Gasteiger partial charge in [-0.1, -0.05) is 11.6 Å². The summed E-state index contributed by atoms with van der Waals surface area (Å²) in [5, 5.41) is 20.9. The highest BCUT2D eigenvalue weighted by Crippen LogP contribution is 2.31. The lowest BCUT2D eigenvalue weighted by molar-refractivity contribution is -0.383. The quantitative estimate of drug-likeness (QED) is 0.586. The Balaban J connectivity index is 2.05. The van der Waals surface area contributed by atoms with Crippen LogP contribution in [0.5, 0.6) is 0 Å². The average Bonchev–Trinajstić information content (AvgIpc) is 2.92. The lowest BCUT2D eigenvalue weighted by Crippen LogP contribution is -1.95. The van der Waals surface area contributed by atoms with Gasteiger partial charge < -0.3 is 5.32 Å². The molecule has 0 atom stereocenters. The van der Waals surface area contributed by atoms with Gasteiger partial charge in [0.15, 0.2) is 5.52 Å².